The normalized spacial score (nSPS) is 18.4. The van der Waals surface area contributed by atoms with E-state index in [1.807, 2.05) is 0 Å². The Hall–Kier alpha value is -2.46. The zero-order chi connectivity index (χ0) is 23.9. The van der Waals surface area contributed by atoms with Crippen LogP contribution in [-0.2, 0) is 13.0 Å². The number of hydrogen-bond acceptors (Lipinski definition) is 4. The summed E-state index contributed by atoms with van der Waals surface area (Å²) in [5.74, 6) is 3.77. The van der Waals surface area contributed by atoms with E-state index in [4.69, 9.17) is 9.97 Å². The predicted molar refractivity (Wildman–Crippen MR) is 147 cm³/mol. The first-order valence-corrected chi connectivity index (χ1v) is 13.2. The summed E-state index contributed by atoms with van der Waals surface area (Å²) < 4.78 is 0. The molecule has 184 valence electrons. The predicted octanol–water partition coefficient (Wildman–Crippen LogP) is 6.87. The molecule has 0 spiro atoms. The van der Waals surface area contributed by atoms with Crippen LogP contribution in [-0.4, -0.2) is 30.6 Å². The number of aryl methyl sites for hydroxylation is 2. The minimum absolute atomic E-state index is 0. The van der Waals surface area contributed by atoms with Gasteiger partial charge in [-0.25, -0.2) is 9.97 Å². The molecule has 1 aliphatic carbocycles. The summed E-state index contributed by atoms with van der Waals surface area (Å²) in [6, 6.07) is 15.0. The fourth-order valence-corrected chi connectivity index (χ4v) is 5.41. The molecule has 0 unspecified atom stereocenters. The maximum absolute atomic E-state index is 4.86. The fraction of sp³-hybridized carbons (Fsp3) is 0.533. The Morgan fingerprint density at radius 3 is 2.47 bits per heavy atom. The molecule has 1 aliphatic rings. The highest BCUT2D eigenvalue weighted by molar-refractivity contribution is 5.89. The maximum atomic E-state index is 4.86. The van der Waals surface area contributed by atoms with Crippen LogP contribution in [0.1, 0.15) is 68.9 Å². The molecule has 0 saturated heterocycles. The summed E-state index contributed by atoms with van der Waals surface area (Å²) >= 11 is 0. The third-order valence-electron chi connectivity index (χ3n) is 7.75. The molecule has 0 aliphatic heterocycles. The Morgan fingerprint density at radius 1 is 0.912 bits per heavy atom. The Morgan fingerprint density at radius 2 is 1.68 bits per heavy atom. The third kappa shape index (κ3) is 6.35. The van der Waals surface area contributed by atoms with Crippen LogP contribution in [0.25, 0.3) is 10.9 Å². The zero-order valence-corrected chi connectivity index (χ0v) is 21.6. The topological polar surface area (TPSA) is 41.1 Å². The largest absolute Gasteiger partial charge is 0.362 e. The highest BCUT2D eigenvalue weighted by atomic mass is 15.1. The number of nitrogens with one attached hydrogen (secondary N) is 1. The van der Waals surface area contributed by atoms with Crippen molar-refractivity contribution in [1.82, 2.24) is 15.3 Å². The van der Waals surface area contributed by atoms with Gasteiger partial charge in [-0.15, -0.1) is 0 Å². The first-order chi connectivity index (χ1) is 16.5. The molecule has 4 rings (SSSR count). The van der Waals surface area contributed by atoms with E-state index in [9.17, 15) is 0 Å². The molecule has 0 atom stereocenters. The Bertz CT molecular complexity index is 1070. The van der Waals surface area contributed by atoms with Crippen LogP contribution in [0.2, 0.25) is 0 Å². The number of rotatable bonds is 10. The number of hydrogen-bond donors (Lipinski definition) is 1. The number of benzene rings is 2. The second-order valence-corrected chi connectivity index (χ2v) is 10.5. The highest BCUT2D eigenvalue weighted by Gasteiger charge is 2.20. The molecule has 0 amide bonds. The van der Waals surface area contributed by atoms with E-state index < -0.39 is 0 Å². The summed E-state index contributed by atoms with van der Waals surface area (Å²) in [6.07, 6.45) is 10.4. The minimum atomic E-state index is 0. The number of anilines is 1. The summed E-state index contributed by atoms with van der Waals surface area (Å²) in [7, 11) is 4.13. The van der Waals surface area contributed by atoms with Gasteiger partial charge in [-0.1, -0.05) is 56.0 Å². The summed E-state index contributed by atoms with van der Waals surface area (Å²) in [4.78, 5) is 11.8. The molecule has 4 heteroatoms. The molecule has 34 heavy (non-hydrogen) atoms. The standard InChI is InChI=1S/C30H42N4.H2/c1-22-10-9-12-26(23(22)2)21-31-20-25-18-16-24(17-19-25)11-5-8-15-29-32-28-14-7-6-13-27(28)30(33-29)34(3)4;/h6-7,9-10,12-14,24-25,31H,5,8,11,15-21H2,1-4H3;1H. The van der Waals surface area contributed by atoms with Gasteiger partial charge in [0.2, 0.25) is 0 Å². The van der Waals surface area contributed by atoms with E-state index in [2.05, 4.69) is 80.6 Å². The van der Waals surface area contributed by atoms with Gasteiger partial charge in [0.05, 0.1) is 5.52 Å². The number of aromatic nitrogens is 2. The first kappa shape index (κ1) is 24.7. The smallest absolute Gasteiger partial charge is 0.139 e. The monoisotopic (exact) mass is 460 g/mol. The molecule has 1 fully saturated rings. The summed E-state index contributed by atoms with van der Waals surface area (Å²) in [5.41, 5.74) is 5.33. The molecule has 1 N–H and O–H groups in total. The van der Waals surface area contributed by atoms with Crippen molar-refractivity contribution in [2.75, 3.05) is 25.5 Å². The quantitative estimate of drug-likeness (QED) is 0.335. The van der Waals surface area contributed by atoms with Gasteiger partial charge < -0.3 is 10.2 Å². The maximum Gasteiger partial charge on any atom is 0.139 e. The SMILES string of the molecule is Cc1cccc(CNCC2CCC(CCCCc3nc(N(C)C)c4ccccc4n3)CC2)c1C.[HH]. The second kappa shape index (κ2) is 11.8. The molecular formula is C30H44N4. The van der Waals surface area contributed by atoms with Crippen molar-refractivity contribution in [3.8, 4) is 0 Å². The van der Waals surface area contributed by atoms with E-state index in [-0.39, 0.29) is 1.43 Å². The van der Waals surface area contributed by atoms with Gasteiger partial charge in [-0.3, -0.25) is 0 Å². The van der Waals surface area contributed by atoms with Gasteiger partial charge in [0.25, 0.3) is 0 Å². The van der Waals surface area contributed by atoms with Gasteiger partial charge in [0, 0.05) is 33.9 Å². The Balaban J connectivity index is 0.00000342. The van der Waals surface area contributed by atoms with Gasteiger partial charge in [0.1, 0.15) is 11.6 Å². The first-order valence-electron chi connectivity index (χ1n) is 13.2. The highest BCUT2D eigenvalue weighted by Crippen LogP contribution is 2.32. The van der Waals surface area contributed by atoms with Crippen molar-refractivity contribution in [3.63, 3.8) is 0 Å². The lowest BCUT2D eigenvalue weighted by molar-refractivity contribution is 0.253. The minimum Gasteiger partial charge on any atom is -0.362 e. The van der Waals surface area contributed by atoms with Crippen molar-refractivity contribution >= 4 is 16.7 Å². The van der Waals surface area contributed by atoms with Gasteiger partial charge in [0.15, 0.2) is 0 Å². The average Bonchev–Trinajstić information content (AvgIpc) is 2.84. The average molecular weight is 461 g/mol. The van der Waals surface area contributed by atoms with E-state index >= 15 is 0 Å². The van der Waals surface area contributed by atoms with Crippen LogP contribution in [0, 0.1) is 25.7 Å². The zero-order valence-electron chi connectivity index (χ0n) is 21.6. The van der Waals surface area contributed by atoms with Crippen molar-refractivity contribution in [2.24, 2.45) is 11.8 Å². The van der Waals surface area contributed by atoms with Crippen molar-refractivity contribution in [3.05, 3.63) is 65.0 Å². The Labute approximate surface area is 207 Å². The Kier molecular flexibility index (Phi) is 8.55. The van der Waals surface area contributed by atoms with Crippen LogP contribution in [0.3, 0.4) is 0 Å². The second-order valence-electron chi connectivity index (χ2n) is 10.5. The fourth-order valence-electron chi connectivity index (χ4n) is 5.41. The molecule has 1 heterocycles. The van der Waals surface area contributed by atoms with E-state index in [1.165, 1.54) is 61.6 Å². The van der Waals surface area contributed by atoms with Gasteiger partial charge in [-0.05, 0) is 80.3 Å². The number of para-hydroxylation sites is 1. The number of fused-ring (bicyclic) bond motifs is 1. The third-order valence-corrected chi connectivity index (χ3v) is 7.75. The lowest BCUT2D eigenvalue weighted by Crippen LogP contribution is -2.26. The molecule has 1 saturated carbocycles. The van der Waals surface area contributed by atoms with Crippen LogP contribution in [0.15, 0.2) is 42.5 Å². The van der Waals surface area contributed by atoms with Crippen molar-refractivity contribution in [1.29, 1.82) is 0 Å². The van der Waals surface area contributed by atoms with E-state index in [0.717, 1.165) is 53.9 Å². The van der Waals surface area contributed by atoms with E-state index in [1.54, 1.807) is 0 Å². The van der Waals surface area contributed by atoms with Crippen molar-refractivity contribution in [2.45, 2.75) is 71.8 Å². The molecular weight excluding hydrogens is 416 g/mol. The van der Waals surface area contributed by atoms with Crippen LogP contribution < -0.4 is 10.2 Å². The van der Waals surface area contributed by atoms with Crippen molar-refractivity contribution < 1.29 is 1.43 Å². The van der Waals surface area contributed by atoms with E-state index in [0.29, 0.717) is 0 Å². The van der Waals surface area contributed by atoms with Crippen LogP contribution in [0.5, 0.6) is 0 Å². The van der Waals surface area contributed by atoms with Gasteiger partial charge in [-0.2, -0.15) is 0 Å². The lowest BCUT2D eigenvalue weighted by Gasteiger charge is -2.29. The number of nitrogens with zero attached hydrogens (tertiary/aromatic N) is 3. The number of unbranched alkanes of at least 4 members (excludes halogenated alkanes) is 1. The molecule has 3 aromatic rings. The van der Waals surface area contributed by atoms with Crippen LogP contribution in [0.4, 0.5) is 5.82 Å². The lowest BCUT2D eigenvalue weighted by atomic mass is 9.79. The summed E-state index contributed by atoms with van der Waals surface area (Å²) in [6.45, 7) is 6.61. The molecule has 0 radical (unpaired) electrons. The molecule has 4 nitrogen and oxygen atoms in total. The molecule has 2 aromatic carbocycles. The molecule has 1 aromatic heterocycles. The van der Waals surface area contributed by atoms with Gasteiger partial charge >= 0.3 is 0 Å². The summed E-state index contributed by atoms with van der Waals surface area (Å²) in [5, 5.41) is 4.87. The molecule has 0 bridgehead atoms. The van der Waals surface area contributed by atoms with Crippen LogP contribution >= 0.6 is 0 Å².